The maximum atomic E-state index is 5.44. The molecule has 0 fully saturated rings. The number of hydrogen-bond donors (Lipinski definition) is 2. The van der Waals surface area contributed by atoms with Gasteiger partial charge in [0.2, 0.25) is 0 Å². The lowest BCUT2D eigenvalue weighted by molar-refractivity contribution is 0.707. The fraction of sp³-hybridized carbons (Fsp3) is 0.227. The van der Waals surface area contributed by atoms with E-state index in [1.165, 1.54) is 39.1 Å². The van der Waals surface area contributed by atoms with Crippen LogP contribution in [0.3, 0.4) is 0 Å². The van der Waals surface area contributed by atoms with Crippen LogP contribution in [0, 0.1) is 13.8 Å². The van der Waals surface area contributed by atoms with Gasteiger partial charge in [-0.25, -0.2) is 0 Å². The van der Waals surface area contributed by atoms with Crippen molar-refractivity contribution in [3.63, 3.8) is 0 Å². The summed E-state index contributed by atoms with van der Waals surface area (Å²) in [5, 5.41) is 7.57. The summed E-state index contributed by atoms with van der Waals surface area (Å²) in [5.74, 6) is 0. The van der Waals surface area contributed by atoms with Crippen LogP contribution in [0.1, 0.15) is 41.1 Å². The van der Waals surface area contributed by atoms with Crippen LogP contribution in [0.4, 0.5) is 0 Å². The van der Waals surface area contributed by atoms with Gasteiger partial charge in [0.15, 0.2) is 5.11 Å². The first-order valence-corrected chi connectivity index (χ1v) is 9.16. The fourth-order valence-electron chi connectivity index (χ4n) is 3.61. The van der Waals surface area contributed by atoms with Crippen molar-refractivity contribution in [3.05, 3.63) is 87.6 Å². The van der Waals surface area contributed by atoms with Crippen molar-refractivity contribution in [2.24, 2.45) is 0 Å². The Hall–Kier alpha value is -2.39. The molecule has 2 N–H and O–H groups in total. The maximum Gasteiger partial charge on any atom is 0.171 e. The monoisotopic (exact) mass is 346 g/mol. The van der Waals surface area contributed by atoms with Crippen LogP contribution >= 0.6 is 12.2 Å². The van der Waals surface area contributed by atoms with Crippen LogP contribution in [0.25, 0.3) is 6.08 Å². The minimum absolute atomic E-state index is 0.128. The van der Waals surface area contributed by atoms with Crippen LogP contribution in [0.5, 0.6) is 0 Å². The second-order valence-corrected chi connectivity index (χ2v) is 7.32. The third-order valence-corrected chi connectivity index (χ3v) is 5.19. The molecule has 0 spiro atoms. The Kier molecular flexibility index (Phi) is 4.18. The number of thiocarbonyl (C=S) groups is 1. The molecular formula is C22H22N2S. The normalized spacial score (nSPS) is 21.1. The minimum atomic E-state index is 0.128. The molecule has 1 aliphatic carbocycles. The van der Waals surface area contributed by atoms with E-state index >= 15 is 0 Å². The molecule has 0 aromatic heterocycles. The predicted molar refractivity (Wildman–Crippen MR) is 108 cm³/mol. The number of nitrogens with one attached hydrogen (secondary N) is 2. The van der Waals surface area contributed by atoms with E-state index in [0.717, 1.165) is 18.0 Å². The lowest BCUT2D eigenvalue weighted by atomic mass is 9.91. The highest BCUT2D eigenvalue weighted by atomic mass is 32.1. The second-order valence-electron chi connectivity index (χ2n) is 6.91. The van der Waals surface area contributed by atoms with Gasteiger partial charge in [0.25, 0.3) is 0 Å². The Balaban J connectivity index is 1.75. The molecule has 2 nitrogen and oxygen atoms in total. The first kappa shape index (κ1) is 16.1. The van der Waals surface area contributed by atoms with Crippen molar-refractivity contribution in [2.75, 3.05) is 0 Å². The van der Waals surface area contributed by atoms with Gasteiger partial charge >= 0.3 is 0 Å². The molecule has 2 aromatic carbocycles. The minimum Gasteiger partial charge on any atom is -0.351 e. The summed E-state index contributed by atoms with van der Waals surface area (Å²) < 4.78 is 0. The average Bonchev–Trinajstić information content (AvgIpc) is 2.99. The zero-order chi connectivity index (χ0) is 17.4. The molecule has 25 heavy (non-hydrogen) atoms. The van der Waals surface area contributed by atoms with Crippen LogP contribution in [0.15, 0.2) is 65.4 Å². The first-order chi connectivity index (χ1) is 12.1. The summed E-state index contributed by atoms with van der Waals surface area (Å²) in [5.41, 5.74) is 9.11. The predicted octanol–water partition coefficient (Wildman–Crippen LogP) is 4.95. The molecule has 0 saturated carbocycles. The van der Waals surface area contributed by atoms with Gasteiger partial charge in [0, 0.05) is 11.3 Å². The molecule has 0 bridgehead atoms. The summed E-state index contributed by atoms with van der Waals surface area (Å²) in [7, 11) is 0. The Morgan fingerprint density at radius 2 is 1.56 bits per heavy atom. The van der Waals surface area contributed by atoms with Gasteiger partial charge in [-0.1, -0.05) is 65.7 Å². The van der Waals surface area contributed by atoms with E-state index in [1.54, 1.807) is 0 Å². The Morgan fingerprint density at radius 1 is 0.920 bits per heavy atom. The number of aryl methyl sites for hydroxylation is 2. The zero-order valence-electron chi connectivity index (χ0n) is 14.6. The SMILES string of the molecule is Cc1ccc(/C=C2\CCC3=C2C(c2ccc(C)cc2)NC(=S)N3)cc1. The van der Waals surface area contributed by atoms with Crippen molar-refractivity contribution in [1.29, 1.82) is 0 Å². The lowest BCUT2D eigenvalue weighted by Crippen LogP contribution is -2.42. The molecule has 2 aromatic rings. The molecule has 1 atom stereocenters. The molecular weight excluding hydrogens is 324 g/mol. The molecule has 4 rings (SSSR count). The Morgan fingerprint density at radius 3 is 2.24 bits per heavy atom. The van der Waals surface area contributed by atoms with E-state index in [-0.39, 0.29) is 6.04 Å². The maximum absolute atomic E-state index is 5.44. The van der Waals surface area contributed by atoms with Crippen molar-refractivity contribution in [2.45, 2.75) is 32.7 Å². The summed E-state index contributed by atoms with van der Waals surface area (Å²) in [6.45, 7) is 4.24. The van der Waals surface area contributed by atoms with Gasteiger partial charge in [0.05, 0.1) is 6.04 Å². The van der Waals surface area contributed by atoms with Gasteiger partial charge in [-0.05, 0) is 55.6 Å². The largest absolute Gasteiger partial charge is 0.351 e. The Bertz CT molecular complexity index is 873. The molecule has 2 aliphatic rings. The van der Waals surface area contributed by atoms with Crippen molar-refractivity contribution >= 4 is 23.4 Å². The highest BCUT2D eigenvalue weighted by molar-refractivity contribution is 7.80. The molecule has 0 amide bonds. The molecule has 0 radical (unpaired) electrons. The standard InChI is InChI=1S/C22H22N2S/c1-14-3-7-16(8-4-14)13-18-11-12-19-20(18)21(24-22(25)23-19)17-9-5-15(2)6-10-17/h3-10,13,21H,11-12H2,1-2H3,(H2,23,24,25)/b18-13+. The molecule has 1 aliphatic heterocycles. The smallest absolute Gasteiger partial charge is 0.171 e. The van der Waals surface area contributed by atoms with E-state index in [9.17, 15) is 0 Å². The molecule has 0 saturated heterocycles. The number of hydrogen-bond acceptors (Lipinski definition) is 1. The summed E-state index contributed by atoms with van der Waals surface area (Å²) in [4.78, 5) is 0. The van der Waals surface area contributed by atoms with Crippen LogP contribution in [-0.4, -0.2) is 5.11 Å². The molecule has 1 heterocycles. The highest BCUT2D eigenvalue weighted by Gasteiger charge is 2.32. The summed E-state index contributed by atoms with van der Waals surface area (Å²) in [6, 6.07) is 17.6. The second kappa shape index (κ2) is 6.49. The van der Waals surface area contributed by atoms with Crippen LogP contribution in [0.2, 0.25) is 0 Å². The van der Waals surface area contributed by atoms with Crippen molar-refractivity contribution in [3.8, 4) is 0 Å². The van der Waals surface area contributed by atoms with Gasteiger partial charge < -0.3 is 10.6 Å². The van der Waals surface area contributed by atoms with Gasteiger partial charge in [-0.15, -0.1) is 0 Å². The quantitative estimate of drug-likeness (QED) is 0.752. The van der Waals surface area contributed by atoms with E-state index in [2.05, 4.69) is 79.1 Å². The lowest BCUT2D eigenvalue weighted by Gasteiger charge is -2.30. The third-order valence-electron chi connectivity index (χ3n) is 4.97. The van der Waals surface area contributed by atoms with Crippen LogP contribution < -0.4 is 10.6 Å². The molecule has 3 heteroatoms. The average molecular weight is 346 g/mol. The summed E-state index contributed by atoms with van der Waals surface area (Å²) >= 11 is 5.44. The van der Waals surface area contributed by atoms with Crippen molar-refractivity contribution < 1.29 is 0 Å². The number of allylic oxidation sites excluding steroid dienone is 1. The van der Waals surface area contributed by atoms with E-state index in [4.69, 9.17) is 12.2 Å². The Labute approximate surface area is 154 Å². The van der Waals surface area contributed by atoms with Gasteiger partial charge in [-0.2, -0.15) is 0 Å². The number of rotatable bonds is 2. The van der Waals surface area contributed by atoms with E-state index < -0.39 is 0 Å². The van der Waals surface area contributed by atoms with Gasteiger partial charge in [-0.3, -0.25) is 0 Å². The van der Waals surface area contributed by atoms with Gasteiger partial charge in [0.1, 0.15) is 0 Å². The fourth-order valence-corrected chi connectivity index (χ4v) is 3.85. The van der Waals surface area contributed by atoms with Crippen molar-refractivity contribution in [1.82, 2.24) is 10.6 Å². The van der Waals surface area contributed by atoms with E-state index in [1.807, 2.05) is 0 Å². The topological polar surface area (TPSA) is 24.1 Å². The van der Waals surface area contributed by atoms with E-state index in [0.29, 0.717) is 0 Å². The number of benzene rings is 2. The third kappa shape index (κ3) is 3.24. The first-order valence-electron chi connectivity index (χ1n) is 8.75. The molecule has 126 valence electrons. The summed E-state index contributed by atoms with van der Waals surface area (Å²) in [6.07, 6.45) is 4.40. The highest BCUT2D eigenvalue weighted by Crippen LogP contribution is 2.41. The molecule has 1 unspecified atom stereocenters. The zero-order valence-corrected chi connectivity index (χ0v) is 15.4. The van der Waals surface area contributed by atoms with Crippen LogP contribution in [-0.2, 0) is 0 Å².